The number of rotatable bonds is 5. The number of nitrogens with one attached hydrogen (secondary N) is 1. The molecule has 6 nitrogen and oxygen atoms in total. The van der Waals surface area contributed by atoms with Crippen LogP contribution in [-0.2, 0) is 16.1 Å². The number of carbonyl (C=O) groups excluding carboxylic acids is 2. The molecule has 0 unspecified atom stereocenters. The van der Waals surface area contributed by atoms with Crippen LogP contribution in [-0.4, -0.2) is 46.1 Å². The zero-order valence-electron chi connectivity index (χ0n) is 15.0. The lowest BCUT2D eigenvalue weighted by atomic mass is 9.74. The van der Waals surface area contributed by atoms with E-state index < -0.39 is 0 Å². The maximum absolute atomic E-state index is 12.3. The van der Waals surface area contributed by atoms with Crippen LogP contribution >= 0.6 is 0 Å². The van der Waals surface area contributed by atoms with Crippen LogP contribution in [0.4, 0.5) is 0 Å². The van der Waals surface area contributed by atoms with Gasteiger partial charge in [-0.05, 0) is 39.2 Å². The number of hydrogen-bond donors (Lipinski definition) is 1. The highest BCUT2D eigenvalue weighted by molar-refractivity contribution is 5.78. The molecular formula is C18H28N4O2. The number of carbonyl (C=O) groups is 2. The Balaban J connectivity index is 1.54. The van der Waals surface area contributed by atoms with Crippen LogP contribution in [0.1, 0.15) is 49.9 Å². The van der Waals surface area contributed by atoms with Crippen molar-refractivity contribution in [2.75, 3.05) is 13.6 Å². The molecule has 2 aliphatic rings. The second kappa shape index (κ2) is 6.57. The van der Waals surface area contributed by atoms with Crippen molar-refractivity contribution < 1.29 is 9.59 Å². The molecule has 1 aliphatic heterocycles. The van der Waals surface area contributed by atoms with E-state index in [2.05, 4.69) is 10.4 Å². The molecule has 0 bridgehead atoms. The molecule has 1 aromatic rings. The third-order valence-electron chi connectivity index (χ3n) is 5.85. The summed E-state index contributed by atoms with van der Waals surface area (Å²) in [6, 6.07) is 2.31. The number of fused-ring (bicyclic) bond motifs is 1. The number of likely N-dealkylation sites (tertiary alicyclic amines) is 1. The van der Waals surface area contributed by atoms with Gasteiger partial charge in [0, 0.05) is 50.1 Å². The van der Waals surface area contributed by atoms with E-state index in [4.69, 9.17) is 0 Å². The molecule has 0 radical (unpaired) electrons. The van der Waals surface area contributed by atoms with E-state index >= 15 is 0 Å². The van der Waals surface area contributed by atoms with Gasteiger partial charge in [-0.1, -0.05) is 6.42 Å². The van der Waals surface area contributed by atoms with Gasteiger partial charge in [-0.15, -0.1) is 0 Å². The summed E-state index contributed by atoms with van der Waals surface area (Å²) in [4.78, 5) is 26.1. The van der Waals surface area contributed by atoms with Crippen molar-refractivity contribution >= 4 is 11.8 Å². The second-order valence-electron chi connectivity index (χ2n) is 7.45. The summed E-state index contributed by atoms with van der Waals surface area (Å²) in [5.74, 6) is 0.315. The number of amides is 2. The second-order valence-corrected chi connectivity index (χ2v) is 7.45. The highest BCUT2D eigenvalue weighted by Gasteiger charge is 2.48. The molecule has 2 fully saturated rings. The van der Waals surface area contributed by atoms with Crippen LogP contribution < -0.4 is 5.32 Å². The molecule has 1 saturated heterocycles. The van der Waals surface area contributed by atoms with Gasteiger partial charge in [-0.3, -0.25) is 14.3 Å². The average Bonchev–Trinajstić information content (AvgIpc) is 3.11. The number of aryl methyl sites for hydroxylation is 3. The molecule has 0 aromatic carbocycles. The first kappa shape index (κ1) is 17.0. The largest absolute Gasteiger partial charge is 0.355 e. The standard InChI is InChI=1S/C18H28N4O2/c1-13-11-14(2)22(20-13)10-7-16(23)19-12-18-8-4-5-15(18)21(3)17(24)6-9-18/h11,15H,4-10,12H2,1-3H3,(H,19,23)/t15-,18+/m1/s1. The molecule has 6 heteroatoms. The van der Waals surface area contributed by atoms with Crippen LogP contribution in [0.15, 0.2) is 6.07 Å². The van der Waals surface area contributed by atoms with Crippen molar-refractivity contribution in [2.45, 2.75) is 65.0 Å². The minimum atomic E-state index is 0.0714. The molecule has 2 atom stereocenters. The van der Waals surface area contributed by atoms with Crippen LogP contribution in [0, 0.1) is 19.3 Å². The number of aromatic nitrogens is 2. The molecule has 24 heavy (non-hydrogen) atoms. The van der Waals surface area contributed by atoms with E-state index in [1.54, 1.807) is 0 Å². The lowest BCUT2D eigenvalue weighted by Crippen LogP contribution is -2.54. The number of piperidine rings is 1. The topological polar surface area (TPSA) is 67.2 Å². The normalized spacial score (nSPS) is 26.5. The highest BCUT2D eigenvalue weighted by Crippen LogP contribution is 2.47. The fourth-order valence-corrected chi connectivity index (χ4v) is 4.49. The van der Waals surface area contributed by atoms with Gasteiger partial charge in [0.05, 0.1) is 5.69 Å². The van der Waals surface area contributed by atoms with Gasteiger partial charge in [-0.2, -0.15) is 5.10 Å². The van der Waals surface area contributed by atoms with Gasteiger partial charge >= 0.3 is 0 Å². The van der Waals surface area contributed by atoms with E-state index in [0.29, 0.717) is 25.9 Å². The van der Waals surface area contributed by atoms with Crippen molar-refractivity contribution in [1.29, 1.82) is 0 Å². The molecule has 2 amide bonds. The molecule has 1 saturated carbocycles. The van der Waals surface area contributed by atoms with Gasteiger partial charge in [0.2, 0.25) is 11.8 Å². The molecule has 2 heterocycles. The summed E-state index contributed by atoms with van der Waals surface area (Å²) in [7, 11) is 1.91. The SMILES string of the molecule is Cc1cc(C)n(CCC(=O)NC[C@@]23CCC[C@H]2N(C)C(=O)CC3)n1. The van der Waals surface area contributed by atoms with Crippen molar-refractivity contribution in [2.24, 2.45) is 5.41 Å². The van der Waals surface area contributed by atoms with Gasteiger partial charge in [0.15, 0.2) is 0 Å². The van der Waals surface area contributed by atoms with Crippen LogP contribution in [0.25, 0.3) is 0 Å². The van der Waals surface area contributed by atoms with Crippen molar-refractivity contribution in [3.63, 3.8) is 0 Å². The first-order valence-corrected chi connectivity index (χ1v) is 8.95. The van der Waals surface area contributed by atoms with E-state index in [0.717, 1.165) is 37.1 Å². The predicted octanol–water partition coefficient (Wildman–Crippen LogP) is 1.80. The zero-order chi connectivity index (χ0) is 17.3. The number of hydrogen-bond acceptors (Lipinski definition) is 3. The van der Waals surface area contributed by atoms with Crippen LogP contribution in [0.5, 0.6) is 0 Å². The molecule has 0 spiro atoms. The summed E-state index contributed by atoms with van der Waals surface area (Å²) in [5, 5.41) is 7.52. The van der Waals surface area contributed by atoms with Crippen molar-refractivity contribution in [3.8, 4) is 0 Å². The van der Waals surface area contributed by atoms with E-state index in [9.17, 15) is 9.59 Å². The van der Waals surface area contributed by atoms with E-state index in [1.165, 1.54) is 0 Å². The third kappa shape index (κ3) is 3.19. The first-order chi connectivity index (χ1) is 11.4. The van der Waals surface area contributed by atoms with Crippen molar-refractivity contribution in [1.82, 2.24) is 20.0 Å². The van der Waals surface area contributed by atoms with E-state index in [-0.39, 0.29) is 23.3 Å². The summed E-state index contributed by atoms with van der Waals surface area (Å²) < 4.78 is 1.89. The maximum atomic E-state index is 12.3. The fourth-order valence-electron chi connectivity index (χ4n) is 4.49. The average molecular weight is 332 g/mol. The molecule has 1 aromatic heterocycles. The summed E-state index contributed by atoms with van der Waals surface area (Å²) in [6.07, 6.45) is 5.26. The minimum Gasteiger partial charge on any atom is -0.355 e. The summed E-state index contributed by atoms with van der Waals surface area (Å²) >= 11 is 0. The van der Waals surface area contributed by atoms with Gasteiger partial charge < -0.3 is 10.2 Å². The maximum Gasteiger partial charge on any atom is 0.222 e. The van der Waals surface area contributed by atoms with Crippen LogP contribution in [0.2, 0.25) is 0 Å². The quantitative estimate of drug-likeness (QED) is 0.894. The van der Waals surface area contributed by atoms with Gasteiger partial charge in [-0.25, -0.2) is 0 Å². The van der Waals surface area contributed by atoms with Gasteiger partial charge in [0.25, 0.3) is 0 Å². The minimum absolute atomic E-state index is 0.0714. The molecular weight excluding hydrogens is 304 g/mol. The summed E-state index contributed by atoms with van der Waals surface area (Å²) in [6.45, 7) is 5.27. The Labute approximate surface area is 143 Å². The Morgan fingerprint density at radius 3 is 2.92 bits per heavy atom. The summed E-state index contributed by atoms with van der Waals surface area (Å²) in [5.41, 5.74) is 2.15. The van der Waals surface area contributed by atoms with Crippen LogP contribution in [0.3, 0.4) is 0 Å². The molecule has 132 valence electrons. The molecule has 1 N–H and O–H groups in total. The Morgan fingerprint density at radius 1 is 1.42 bits per heavy atom. The smallest absolute Gasteiger partial charge is 0.222 e. The Morgan fingerprint density at radius 2 is 2.21 bits per heavy atom. The Hall–Kier alpha value is -1.85. The molecule has 1 aliphatic carbocycles. The first-order valence-electron chi connectivity index (χ1n) is 8.95. The van der Waals surface area contributed by atoms with Crippen molar-refractivity contribution in [3.05, 3.63) is 17.5 Å². The Bertz CT molecular complexity index is 639. The highest BCUT2D eigenvalue weighted by atomic mass is 16.2. The number of nitrogens with zero attached hydrogens (tertiary/aromatic N) is 3. The van der Waals surface area contributed by atoms with E-state index in [1.807, 2.05) is 36.5 Å². The molecule has 3 rings (SSSR count). The predicted molar refractivity (Wildman–Crippen MR) is 91.4 cm³/mol. The lowest BCUT2D eigenvalue weighted by molar-refractivity contribution is -0.139. The monoisotopic (exact) mass is 332 g/mol. The third-order valence-corrected chi connectivity index (χ3v) is 5.85. The van der Waals surface area contributed by atoms with Gasteiger partial charge in [0.1, 0.15) is 0 Å². The lowest BCUT2D eigenvalue weighted by Gasteiger charge is -2.44. The Kier molecular flexibility index (Phi) is 4.65. The fraction of sp³-hybridized carbons (Fsp3) is 0.722. The zero-order valence-corrected chi connectivity index (χ0v) is 15.0.